The van der Waals surface area contributed by atoms with E-state index in [1.165, 1.54) is 11.8 Å². The number of halogens is 1. The summed E-state index contributed by atoms with van der Waals surface area (Å²) in [6, 6.07) is 17.6. The fraction of sp³-hybridized carbons (Fsp3) is 0.0455. The first-order chi connectivity index (χ1) is 14.2. The summed E-state index contributed by atoms with van der Waals surface area (Å²) in [7, 11) is 0. The highest BCUT2D eigenvalue weighted by atomic mass is 79.9. The molecule has 0 amide bonds. The van der Waals surface area contributed by atoms with E-state index in [1.54, 1.807) is 23.7 Å². The molecule has 7 heteroatoms. The number of para-hydroxylation sites is 1. The van der Waals surface area contributed by atoms with E-state index in [4.69, 9.17) is 4.42 Å². The third-order valence-electron chi connectivity index (χ3n) is 4.53. The Labute approximate surface area is 183 Å². The summed E-state index contributed by atoms with van der Waals surface area (Å²) in [5.41, 5.74) is 2.90. The van der Waals surface area contributed by atoms with Crippen molar-refractivity contribution in [2.75, 3.05) is 5.75 Å². The molecule has 0 spiro atoms. The molecule has 142 valence electrons. The molecule has 0 unspecified atom stereocenters. The Morgan fingerprint density at radius 2 is 1.93 bits per heavy atom. The molecule has 0 N–H and O–H groups in total. The van der Waals surface area contributed by atoms with E-state index in [2.05, 4.69) is 43.4 Å². The highest BCUT2D eigenvalue weighted by Gasteiger charge is 2.17. The van der Waals surface area contributed by atoms with Crippen molar-refractivity contribution >= 4 is 66.0 Å². The number of furan rings is 1. The lowest BCUT2D eigenvalue weighted by Crippen LogP contribution is -2.01. The van der Waals surface area contributed by atoms with Crippen LogP contribution < -0.4 is 0 Å². The number of fused-ring (bicyclic) bond motifs is 2. The molecule has 0 saturated heterocycles. The molecule has 0 fully saturated rings. The molecule has 0 aliphatic heterocycles. The fourth-order valence-electron chi connectivity index (χ4n) is 3.12. The quantitative estimate of drug-likeness (QED) is 0.156. The maximum Gasteiger partial charge on any atom is 0.208 e. The van der Waals surface area contributed by atoms with E-state index < -0.39 is 0 Å². The lowest BCUT2D eigenvalue weighted by molar-refractivity contribution is 0.0994. The van der Waals surface area contributed by atoms with E-state index in [9.17, 15) is 4.79 Å². The zero-order valence-electron chi connectivity index (χ0n) is 15.0. The van der Waals surface area contributed by atoms with E-state index in [-0.39, 0.29) is 11.5 Å². The first-order valence-electron chi connectivity index (χ1n) is 8.82. The van der Waals surface area contributed by atoms with Crippen molar-refractivity contribution in [3.63, 3.8) is 0 Å². The van der Waals surface area contributed by atoms with Crippen LogP contribution in [0.2, 0.25) is 0 Å². The van der Waals surface area contributed by atoms with Crippen LogP contribution in [0.15, 0.2) is 80.2 Å². The second-order valence-electron chi connectivity index (χ2n) is 6.38. The molecule has 0 saturated carbocycles. The number of benzene rings is 2. The van der Waals surface area contributed by atoms with Gasteiger partial charge in [-0.25, -0.2) is 9.97 Å². The van der Waals surface area contributed by atoms with Crippen molar-refractivity contribution in [3.8, 4) is 11.1 Å². The second kappa shape index (κ2) is 7.74. The molecule has 3 aromatic heterocycles. The standard InChI is InChI=1S/C22H13BrN2O2S2/c23-15-7-5-13(6-8-15)16-10-28-21-20(16)22(25-12-24-21)29-11-17(26)19-9-14-3-1-2-4-18(14)27-19/h1-10,12H,11H2. The SMILES string of the molecule is O=C(CSc1ncnc2scc(-c3ccc(Br)cc3)c12)c1cc2ccccc2o1. The summed E-state index contributed by atoms with van der Waals surface area (Å²) in [6.45, 7) is 0. The Balaban J connectivity index is 1.45. The summed E-state index contributed by atoms with van der Waals surface area (Å²) in [5.74, 6) is 0.572. The van der Waals surface area contributed by atoms with Crippen molar-refractivity contribution in [1.82, 2.24) is 9.97 Å². The van der Waals surface area contributed by atoms with Crippen LogP contribution in [0.5, 0.6) is 0 Å². The van der Waals surface area contributed by atoms with Gasteiger partial charge in [0.2, 0.25) is 5.78 Å². The van der Waals surface area contributed by atoms with Gasteiger partial charge in [-0.2, -0.15) is 0 Å². The number of carbonyl (C=O) groups is 1. The molecule has 29 heavy (non-hydrogen) atoms. The normalized spacial score (nSPS) is 11.3. The lowest BCUT2D eigenvalue weighted by Gasteiger charge is -2.05. The van der Waals surface area contributed by atoms with Gasteiger partial charge in [-0.1, -0.05) is 58.0 Å². The fourth-order valence-corrected chi connectivity index (χ4v) is 5.25. The summed E-state index contributed by atoms with van der Waals surface area (Å²) in [6.07, 6.45) is 1.55. The molecule has 3 heterocycles. The highest BCUT2D eigenvalue weighted by Crippen LogP contribution is 2.38. The molecule has 5 rings (SSSR count). The van der Waals surface area contributed by atoms with Gasteiger partial charge in [0, 0.05) is 20.8 Å². The third kappa shape index (κ3) is 3.61. The number of hydrogen-bond acceptors (Lipinski definition) is 6. The number of carbonyl (C=O) groups excluding carboxylic acids is 1. The minimum absolute atomic E-state index is 0.0571. The van der Waals surface area contributed by atoms with E-state index >= 15 is 0 Å². The smallest absolute Gasteiger partial charge is 0.208 e. The Bertz CT molecular complexity index is 1310. The van der Waals surface area contributed by atoms with Gasteiger partial charge < -0.3 is 4.42 Å². The number of ketones is 1. The van der Waals surface area contributed by atoms with Crippen LogP contribution in [-0.4, -0.2) is 21.5 Å². The Hall–Kier alpha value is -2.48. The van der Waals surface area contributed by atoms with Gasteiger partial charge >= 0.3 is 0 Å². The topological polar surface area (TPSA) is 56.0 Å². The molecular weight excluding hydrogens is 468 g/mol. The summed E-state index contributed by atoms with van der Waals surface area (Å²) in [5, 5.41) is 4.81. The minimum Gasteiger partial charge on any atom is -0.453 e. The van der Waals surface area contributed by atoms with Gasteiger partial charge in [-0.15, -0.1) is 11.3 Å². The predicted octanol–water partition coefficient (Wildman–Crippen LogP) is 6.84. The monoisotopic (exact) mass is 480 g/mol. The molecule has 0 radical (unpaired) electrons. The number of rotatable bonds is 5. The largest absolute Gasteiger partial charge is 0.453 e. The maximum atomic E-state index is 12.7. The van der Waals surface area contributed by atoms with Crippen molar-refractivity contribution in [1.29, 1.82) is 0 Å². The van der Waals surface area contributed by atoms with E-state index in [0.717, 1.165) is 41.8 Å². The van der Waals surface area contributed by atoms with Crippen molar-refractivity contribution in [2.24, 2.45) is 0 Å². The van der Waals surface area contributed by atoms with Crippen molar-refractivity contribution < 1.29 is 9.21 Å². The summed E-state index contributed by atoms with van der Waals surface area (Å²) in [4.78, 5) is 22.5. The van der Waals surface area contributed by atoms with E-state index in [1.807, 2.05) is 36.4 Å². The van der Waals surface area contributed by atoms with Gasteiger partial charge in [0.25, 0.3) is 0 Å². The van der Waals surface area contributed by atoms with Crippen LogP contribution in [0.1, 0.15) is 10.6 Å². The summed E-state index contributed by atoms with van der Waals surface area (Å²) < 4.78 is 6.73. The molecule has 0 aliphatic rings. The van der Waals surface area contributed by atoms with Gasteiger partial charge in [0.05, 0.1) is 11.1 Å². The van der Waals surface area contributed by atoms with Crippen LogP contribution in [0.3, 0.4) is 0 Å². The highest BCUT2D eigenvalue weighted by molar-refractivity contribution is 9.10. The van der Waals surface area contributed by atoms with Crippen LogP contribution in [0.25, 0.3) is 32.3 Å². The zero-order chi connectivity index (χ0) is 19.8. The Morgan fingerprint density at radius 3 is 2.76 bits per heavy atom. The van der Waals surface area contributed by atoms with Gasteiger partial charge in [-0.3, -0.25) is 4.79 Å². The lowest BCUT2D eigenvalue weighted by atomic mass is 10.1. The van der Waals surface area contributed by atoms with E-state index in [0.29, 0.717) is 5.76 Å². The minimum atomic E-state index is -0.0571. The van der Waals surface area contributed by atoms with Crippen LogP contribution in [0.4, 0.5) is 0 Å². The number of Topliss-reactive ketones (excluding diaryl/α,β-unsaturated/α-hetero) is 1. The zero-order valence-corrected chi connectivity index (χ0v) is 18.2. The molecular formula is C22H13BrN2O2S2. The third-order valence-corrected chi connectivity index (χ3v) is 6.94. The van der Waals surface area contributed by atoms with Gasteiger partial charge in [0.1, 0.15) is 21.8 Å². The molecule has 0 atom stereocenters. The average molecular weight is 481 g/mol. The number of thioether (sulfide) groups is 1. The van der Waals surface area contributed by atoms with Crippen molar-refractivity contribution in [3.05, 3.63) is 76.5 Å². The Kier molecular flexibility index (Phi) is 4.95. The maximum absolute atomic E-state index is 12.7. The number of nitrogens with zero attached hydrogens (tertiary/aromatic N) is 2. The first kappa shape index (κ1) is 18.5. The molecule has 5 aromatic rings. The number of thiophene rings is 1. The second-order valence-corrected chi connectivity index (χ2v) is 9.11. The van der Waals surface area contributed by atoms with Crippen LogP contribution in [0, 0.1) is 0 Å². The number of aromatic nitrogens is 2. The van der Waals surface area contributed by atoms with Gasteiger partial charge in [0.15, 0.2) is 5.76 Å². The van der Waals surface area contributed by atoms with Crippen LogP contribution in [-0.2, 0) is 0 Å². The van der Waals surface area contributed by atoms with Crippen LogP contribution >= 0.6 is 39.0 Å². The Morgan fingerprint density at radius 1 is 1.10 bits per heavy atom. The average Bonchev–Trinajstić information content (AvgIpc) is 3.37. The first-order valence-corrected chi connectivity index (χ1v) is 11.5. The van der Waals surface area contributed by atoms with Crippen molar-refractivity contribution in [2.45, 2.75) is 5.03 Å². The predicted molar refractivity (Wildman–Crippen MR) is 122 cm³/mol. The number of hydrogen-bond donors (Lipinski definition) is 0. The molecule has 0 bridgehead atoms. The molecule has 0 aliphatic carbocycles. The molecule has 4 nitrogen and oxygen atoms in total. The molecule has 2 aromatic carbocycles. The summed E-state index contributed by atoms with van der Waals surface area (Å²) >= 11 is 6.47. The van der Waals surface area contributed by atoms with Gasteiger partial charge in [-0.05, 0) is 29.8 Å².